The van der Waals surface area contributed by atoms with Crippen molar-refractivity contribution in [2.45, 2.75) is 19.4 Å². The first-order chi connectivity index (χ1) is 13.8. The molecule has 0 aliphatic heterocycles. The molecule has 0 unspecified atom stereocenters. The molecule has 0 spiro atoms. The van der Waals surface area contributed by atoms with Gasteiger partial charge in [-0.15, -0.1) is 0 Å². The number of amides is 1. The fourth-order valence-electron chi connectivity index (χ4n) is 3.36. The van der Waals surface area contributed by atoms with Gasteiger partial charge in [-0.3, -0.25) is 9.10 Å². The Balaban J connectivity index is 1.99. The SMILES string of the molecule is CC[C@@H](C(=O)Nc1cccc2ccccc12)N(c1cccc(OC)c1)S(C)(=O)=O. The van der Waals surface area contributed by atoms with Crippen LogP contribution in [0.3, 0.4) is 0 Å². The van der Waals surface area contributed by atoms with Gasteiger partial charge >= 0.3 is 0 Å². The molecule has 6 nitrogen and oxygen atoms in total. The molecule has 0 aliphatic carbocycles. The summed E-state index contributed by atoms with van der Waals surface area (Å²) in [6.45, 7) is 1.78. The summed E-state index contributed by atoms with van der Waals surface area (Å²) in [5.41, 5.74) is 1.03. The van der Waals surface area contributed by atoms with Crippen LogP contribution in [0.5, 0.6) is 5.75 Å². The highest BCUT2D eigenvalue weighted by molar-refractivity contribution is 7.92. The van der Waals surface area contributed by atoms with Gasteiger partial charge in [-0.25, -0.2) is 8.42 Å². The summed E-state index contributed by atoms with van der Waals surface area (Å²) in [6, 6.07) is 19.1. The second-order valence-electron chi connectivity index (χ2n) is 6.70. The largest absolute Gasteiger partial charge is 0.497 e. The molecule has 0 bridgehead atoms. The first kappa shape index (κ1) is 20.7. The lowest BCUT2D eigenvalue weighted by Gasteiger charge is -2.30. The smallest absolute Gasteiger partial charge is 0.248 e. The van der Waals surface area contributed by atoms with Crippen molar-refractivity contribution in [1.82, 2.24) is 0 Å². The standard InChI is InChI=1S/C22H24N2O4S/c1-4-21(24(29(3,26)27)17-11-8-12-18(15-17)28-2)22(25)23-20-14-7-10-16-9-5-6-13-19(16)20/h5-15,21H,4H2,1-3H3,(H,23,25)/t21-/m0/s1. The second-order valence-corrected chi connectivity index (χ2v) is 8.56. The molecular weight excluding hydrogens is 388 g/mol. The summed E-state index contributed by atoms with van der Waals surface area (Å²) < 4.78 is 31.6. The van der Waals surface area contributed by atoms with Crippen LogP contribution in [0.1, 0.15) is 13.3 Å². The molecule has 3 aromatic rings. The first-order valence-electron chi connectivity index (χ1n) is 9.27. The van der Waals surface area contributed by atoms with Crippen LogP contribution in [0.15, 0.2) is 66.7 Å². The topological polar surface area (TPSA) is 75.7 Å². The summed E-state index contributed by atoms with van der Waals surface area (Å²) in [7, 11) is -2.21. The number of anilines is 2. The van der Waals surface area contributed by atoms with Gasteiger partial charge in [0, 0.05) is 17.1 Å². The van der Waals surface area contributed by atoms with Crippen molar-refractivity contribution in [1.29, 1.82) is 0 Å². The Labute approximate surface area is 171 Å². The molecule has 3 aromatic carbocycles. The maximum absolute atomic E-state index is 13.2. The minimum Gasteiger partial charge on any atom is -0.497 e. The molecule has 0 aromatic heterocycles. The molecule has 1 N–H and O–H groups in total. The third kappa shape index (κ3) is 4.51. The Kier molecular flexibility index (Phi) is 6.08. The monoisotopic (exact) mass is 412 g/mol. The van der Waals surface area contributed by atoms with E-state index in [2.05, 4.69) is 5.32 Å². The van der Waals surface area contributed by atoms with Crippen LogP contribution < -0.4 is 14.4 Å². The molecule has 152 valence electrons. The first-order valence-corrected chi connectivity index (χ1v) is 11.1. The minimum atomic E-state index is -3.72. The summed E-state index contributed by atoms with van der Waals surface area (Å²) in [5.74, 6) is 0.123. The number of sulfonamides is 1. The van der Waals surface area contributed by atoms with Crippen LogP contribution >= 0.6 is 0 Å². The fraction of sp³-hybridized carbons (Fsp3) is 0.227. The van der Waals surface area contributed by atoms with E-state index >= 15 is 0 Å². The van der Waals surface area contributed by atoms with E-state index < -0.39 is 22.0 Å². The number of nitrogens with one attached hydrogen (secondary N) is 1. The van der Waals surface area contributed by atoms with Crippen molar-refractivity contribution in [3.63, 3.8) is 0 Å². The highest BCUT2D eigenvalue weighted by atomic mass is 32.2. The summed E-state index contributed by atoms with van der Waals surface area (Å²) in [5, 5.41) is 4.80. The van der Waals surface area contributed by atoms with E-state index in [4.69, 9.17) is 4.74 Å². The van der Waals surface area contributed by atoms with Gasteiger partial charge in [0.15, 0.2) is 0 Å². The van der Waals surface area contributed by atoms with E-state index in [9.17, 15) is 13.2 Å². The lowest BCUT2D eigenvalue weighted by Crippen LogP contribution is -2.47. The molecule has 0 aliphatic rings. The Hall–Kier alpha value is -3.06. The van der Waals surface area contributed by atoms with Gasteiger partial charge in [0.1, 0.15) is 11.8 Å². The van der Waals surface area contributed by atoms with E-state index in [1.54, 1.807) is 31.2 Å². The number of carbonyl (C=O) groups is 1. The van der Waals surface area contributed by atoms with Crippen LogP contribution in [0.2, 0.25) is 0 Å². The number of nitrogens with zero attached hydrogens (tertiary/aromatic N) is 1. The average Bonchev–Trinajstić information content (AvgIpc) is 2.71. The minimum absolute atomic E-state index is 0.306. The quantitative estimate of drug-likeness (QED) is 0.636. The van der Waals surface area contributed by atoms with Crippen LogP contribution in [-0.4, -0.2) is 33.7 Å². The molecule has 0 fully saturated rings. The van der Waals surface area contributed by atoms with Crippen molar-refractivity contribution in [3.05, 3.63) is 66.7 Å². The summed E-state index contributed by atoms with van der Waals surface area (Å²) in [4.78, 5) is 13.2. The van der Waals surface area contributed by atoms with Crippen LogP contribution in [0.25, 0.3) is 10.8 Å². The average molecular weight is 413 g/mol. The number of ether oxygens (including phenoxy) is 1. The van der Waals surface area contributed by atoms with Gasteiger partial charge in [0.25, 0.3) is 0 Å². The second kappa shape index (κ2) is 8.53. The number of methoxy groups -OCH3 is 1. The zero-order valence-corrected chi connectivity index (χ0v) is 17.4. The third-order valence-corrected chi connectivity index (χ3v) is 5.86. The molecule has 0 radical (unpaired) electrons. The van der Waals surface area contributed by atoms with Crippen LogP contribution in [0, 0.1) is 0 Å². The number of rotatable bonds is 7. The molecule has 7 heteroatoms. The number of hydrogen-bond acceptors (Lipinski definition) is 4. The van der Waals surface area contributed by atoms with Crippen LogP contribution in [0.4, 0.5) is 11.4 Å². The predicted molar refractivity (Wildman–Crippen MR) is 117 cm³/mol. The Morgan fingerprint density at radius 1 is 1.07 bits per heavy atom. The van der Waals surface area contributed by atoms with Crippen molar-refractivity contribution < 1.29 is 17.9 Å². The van der Waals surface area contributed by atoms with Crippen molar-refractivity contribution in [3.8, 4) is 5.75 Å². The highest BCUT2D eigenvalue weighted by Crippen LogP contribution is 2.28. The predicted octanol–water partition coefficient (Wildman–Crippen LogP) is 4.03. The van der Waals surface area contributed by atoms with E-state index in [-0.39, 0.29) is 0 Å². The van der Waals surface area contributed by atoms with Gasteiger partial charge in [-0.05, 0) is 30.0 Å². The fourth-order valence-corrected chi connectivity index (χ4v) is 4.56. The number of hydrogen-bond donors (Lipinski definition) is 1. The molecular formula is C22H24N2O4S. The zero-order valence-electron chi connectivity index (χ0n) is 16.6. The zero-order chi connectivity index (χ0) is 21.0. The third-order valence-electron chi connectivity index (χ3n) is 4.69. The Morgan fingerprint density at radius 2 is 1.76 bits per heavy atom. The van der Waals surface area contributed by atoms with Gasteiger partial charge in [-0.2, -0.15) is 0 Å². The Bertz CT molecular complexity index is 1120. The molecule has 0 saturated heterocycles. The van der Waals surface area contributed by atoms with Gasteiger partial charge in [0.2, 0.25) is 15.9 Å². The molecule has 0 heterocycles. The maximum Gasteiger partial charge on any atom is 0.248 e. The number of fused-ring (bicyclic) bond motifs is 1. The van der Waals surface area contributed by atoms with Crippen molar-refractivity contribution >= 4 is 38.1 Å². The van der Waals surface area contributed by atoms with E-state index in [1.807, 2.05) is 42.5 Å². The summed E-state index contributed by atoms with van der Waals surface area (Å²) >= 11 is 0. The lowest BCUT2D eigenvalue weighted by atomic mass is 10.1. The number of carbonyl (C=O) groups excluding carboxylic acids is 1. The molecule has 29 heavy (non-hydrogen) atoms. The van der Waals surface area contributed by atoms with Gasteiger partial charge < -0.3 is 10.1 Å². The van der Waals surface area contributed by atoms with Crippen molar-refractivity contribution in [2.24, 2.45) is 0 Å². The van der Waals surface area contributed by atoms with E-state index in [0.29, 0.717) is 23.5 Å². The van der Waals surface area contributed by atoms with Gasteiger partial charge in [0.05, 0.1) is 19.1 Å². The lowest BCUT2D eigenvalue weighted by molar-refractivity contribution is -0.117. The summed E-state index contributed by atoms with van der Waals surface area (Å²) in [6.07, 6.45) is 1.40. The van der Waals surface area contributed by atoms with E-state index in [1.165, 1.54) is 7.11 Å². The molecule has 1 amide bonds. The van der Waals surface area contributed by atoms with Crippen LogP contribution in [-0.2, 0) is 14.8 Å². The highest BCUT2D eigenvalue weighted by Gasteiger charge is 2.32. The van der Waals surface area contributed by atoms with Gasteiger partial charge in [-0.1, -0.05) is 49.4 Å². The van der Waals surface area contributed by atoms with E-state index in [0.717, 1.165) is 21.3 Å². The molecule has 3 rings (SSSR count). The normalized spacial score (nSPS) is 12.4. The maximum atomic E-state index is 13.2. The van der Waals surface area contributed by atoms with Crippen molar-refractivity contribution in [2.75, 3.05) is 23.0 Å². The molecule has 1 atom stereocenters. The molecule has 0 saturated carbocycles. The number of benzene rings is 3. The Morgan fingerprint density at radius 3 is 2.45 bits per heavy atom.